The molecule has 1 saturated heterocycles. The van der Waals surface area contributed by atoms with E-state index in [0.717, 1.165) is 17.5 Å². The third-order valence-corrected chi connectivity index (χ3v) is 8.09. The van der Waals surface area contributed by atoms with Gasteiger partial charge in [-0.2, -0.15) is 0 Å². The summed E-state index contributed by atoms with van der Waals surface area (Å²) in [5.74, 6) is 0.523. The number of hydrogen-bond donors (Lipinski definition) is 4. The maximum absolute atomic E-state index is 13.5. The number of ether oxygens (including phenoxy) is 1. The van der Waals surface area contributed by atoms with E-state index >= 15 is 0 Å². The molecule has 0 saturated carbocycles. The summed E-state index contributed by atoms with van der Waals surface area (Å²) in [6.45, 7) is 3.55. The number of aliphatic hydroxyl groups is 1. The Morgan fingerprint density at radius 3 is 2.59 bits per heavy atom. The van der Waals surface area contributed by atoms with Crippen molar-refractivity contribution in [1.29, 1.82) is 0 Å². The highest BCUT2D eigenvalue weighted by atomic mass is 35.5. The highest BCUT2D eigenvalue weighted by Crippen LogP contribution is 2.46. The molecule has 3 aromatic carbocycles. The number of benzene rings is 3. The van der Waals surface area contributed by atoms with Gasteiger partial charge in [0.15, 0.2) is 5.75 Å². The van der Waals surface area contributed by atoms with Crippen LogP contribution in [0.5, 0.6) is 11.5 Å². The lowest BCUT2D eigenvalue weighted by Gasteiger charge is -2.43. The number of nitrogens with two attached hydrogens (primary N) is 1. The summed E-state index contributed by atoms with van der Waals surface area (Å²) >= 11 is 6.69. The number of rotatable bonds is 11. The number of nitrogens with one attached hydrogen (secondary N) is 1. The van der Waals surface area contributed by atoms with Gasteiger partial charge in [0.25, 0.3) is 5.91 Å². The molecule has 4 rings (SSSR count). The lowest BCUT2D eigenvalue weighted by molar-refractivity contribution is -0.0578. The molecule has 0 spiro atoms. The molecule has 0 aromatic heterocycles. The number of carbonyl (C=O) groups excluding carboxylic acids is 1. The molecule has 2 atom stereocenters. The van der Waals surface area contributed by atoms with Crippen LogP contribution in [-0.4, -0.2) is 46.7 Å². The number of hydrogen-bond acceptors (Lipinski definition) is 5. The first-order valence-electron chi connectivity index (χ1n) is 14.1. The standard InChI is InChI=1S/C32H38ClN3O5/c1-2-22-7-3-9-26(19-22)41-29-27(10-4-11-28(29)33)32(40,16-6-17-35-31(38)39)25-8-5-18-36(21-25)30(37)24-14-12-23(20-34)13-15-24/h3-4,7,9-15,19,25,35,40H,2,5-6,8,16-18,20-21,34H2,1H3,(H,38,39). The summed E-state index contributed by atoms with van der Waals surface area (Å²) in [4.78, 5) is 26.3. The maximum Gasteiger partial charge on any atom is 0.404 e. The van der Waals surface area contributed by atoms with Gasteiger partial charge in [0.1, 0.15) is 5.75 Å². The van der Waals surface area contributed by atoms with Crippen molar-refractivity contribution in [1.82, 2.24) is 10.2 Å². The van der Waals surface area contributed by atoms with E-state index in [2.05, 4.69) is 12.2 Å². The van der Waals surface area contributed by atoms with E-state index in [1.165, 1.54) is 0 Å². The van der Waals surface area contributed by atoms with Crippen LogP contribution in [0.4, 0.5) is 4.79 Å². The van der Waals surface area contributed by atoms with E-state index in [0.29, 0.717) is 66.5 Å². The number of likely N-dealkylation sites (tertiary alicyclic amines) is 1. The lowest BCUT2D eigenvalue weighted by Crippen LogP contribution is -2.48. The van der Waals surface area contributed by atoms with Crippen LogP contribution in [0.3, 0.4) is 0 Å². The van der Waals surface area contributed by atoms with Gasteiger partial charge >= 0.3 is 6.09 Å². The van der Waals surface area contributed by atoms with Gasteiger partial charge in [-0.1, -0.05) is 54.9 Å². The van der Waals surface area contributed by atoms with Gasteiger partial charge in [-0.25, -0.2) is 4.79 Å². The molecule has 41 heavy (non-hydrogen) atoms. The van der Waals surface area contributed by atoms with Crippen LogP contribution in [-0.2, 0) is 18.6 Å². The van der Waals surface area contributed by atoms with Crippen LogP contribution in [0, 0.1) is 5.92 Å². The first kappa shape index (κ1) is 30.4. The van der Waals surface area contributed by atoms with E-state index < -0.39 is 11.7 Å². The fraction of sp³-hybridized carbons (Fsp3) is 0.375. The van der Waals surface area contributed by atoms with Crippen molar-refractivity contribution in [3.8, 4) is 11.5 Å². The second-order valence-corrected chi connectivity index (χ2v) is 10.9. The van der Waals surface area contributed by atoms with Crippen molar-refractivity contribution in [2.45, 2.75) is 51.2 Å². The number of halogens is 1. The van der Waals surface area contributed by atoms with Crippen molar-refractivity contribution < 1.29 is 24.5 Å². The predicted molar refractivity (Wildman–Crippen MR) is 159 cm³/mol. The number of carboxylic acid groups (broad SMARTS) is 1. The molecular weight excluding hydrogens is 542 g/mol. The van der Waals surface area contributed by atoms with Crippen LogP contribution < -0.4 is 15.8 Å². The van der Waals surface area contributed by atoms with Crippen LogP contribution in [0.25, 0.3) is 0 Å². The SMILES string of the molecule is CCc1cccc(Oc2c(Cl)cccc2C(O)(CCCNC(=O)O)C2CCCN(C(=O)c3ccc(CN)cc3)C2)c1. The van der Waals surface area contributed by atoms with Crippen molar-refractivity contribution >= 4 is 23.6 Å². The van der Waals surface area contributed by atoms with Crippen LogP contribution >= 0.6 is 11.6 Å². The normalized spacial score (nSPS) is 16.6. The Balaban J connectivity index is 1.67. The van der Waals surface area contributed by atoms with E-state index in [-0.39, 0.29) is 24.8 Å². The van der Waals surface area contributed by atoms with Gasteiger partial charge in [0, 0.05) is 43.2 Å². The van der Waals surface area contributed by atoms with Crippen molar-refractivity contribution in [3.05, 3.63) is 94.0 Å². The first-order valence-corrected chi connectivity index (χ1v) is 14.5. The summed E-state index contributed by atoms with van der Waals surface area (Å²) in [7, 11) is 0. The van der Waals surface area contributed by atoms with Gasteiger partial charge in [0.05, 0.1) is 10.6 Å². The van der Waals surface area contributed by atoms with Crippen molar-refractivity contribution in [2.75, 3.05) is 19.6 Å². The fourth-order valence-electron chi connectivity index (χ4n) is 5.53. The topological polar surface area (TPSA) is 125 Å². The zero-order valence-electron chi connectivity index (χ0n) is 23.3. The molecule has 3 aromatic rings. The average Bonchev–Trinajstić information content (AvgIpc) is 3.00. The second-order valence-electron chi connectivity index (χ2n) is 10.5. The number of piperidine rings is 1. The predicted octanol–water partition coefficient (Wildman–Crippen LogP) is 5.94. The third kappa shape index (κ3) is 7.38. The van der Waals surface area contributed by atoms with Gasteiger partial charge in [-0.05, 0) is 73.6 Å². The zero-order valence-corrected chi connectivity index (χ0v) is 24.1. The van der Waals surface area contributed by atoms with Crippen LogP contribution in [0.2, 0.25) is 5.02 Å². The molecule has 1 aliphatic heterocycles. The monoisotopic (exact) mass is 579 g/mol. The Morgan fingerprint density at radius 1 is 1.12 bits per heavy atom. The summed E-state index contributed by atoms with van der Waals surface area (Å²) in [5.41, 5.74) is 7.41. The van der Waals surface area contributed by atoms with Gasteiger partial charge < -0.3 is 30.9 Å². The summed E-state index contributed by atoms with van der Waals surface area (Å²) in [6.07, 6.45) is 1.74. The largest absolute Gasteiger partial charge is 0.465 e. The molecule has 8 nitrogen and oxygen atoms in total. The molecular formula is C32H38ClN3O5. The smallest absolute Gasteiger partial charge is 0.404 e. The molecule has 0 radical (unpaired) electrons. The van der Waals surface area contributed by atoms with E-state index in [9.17, 15) is 14.7 Å². The van der Waals surface area contributed by atoms with E-state index in [1.54, 1.807) is 29.2 Å². The van der Waals surface area contributed by atoms with Crippen LogP contribution in [0.15, 0.2) is 66.7 Å². The van der Waals surface area contributed by atoms with Crippen LogP contribution in [0.1, 0.15) is 59.7 Å². The van der Waals surface area contributed by atoms with E-state index in [1.807, 2.05) is 42.5 Å². The fourth-order valence-corrected chi connectivity index (χ4v) is 5.74. The summed E-state index contributed by atoms with van der Waals surface area (Å²) < 4.78 is 6.34. The number of carbonyl (C=O) groups is 2. The molecule has 1 heterocycles. The lowest BCUT2D eigenvalue weighted by atomic mass is 9.73. The molecule has 2 amide bonds. The summed E-state index contributed by atoms with van der Waals surface area (Å²) in [6, 6.07) is 20.3. The zero-order chi connectivity index (χ0) is 29.4. The highest BCUT2D eigenvalue weighted by Gasteiger charge is 2.43. The average molecular weight is 580 g/mol. The van der Waals surface area contributed by atoms with Gasteiger partial charge in [0.2, 0.25) is 0 Å². The Labute approximate surface area is 246 Å². The Hall–Kier alpha value is -3.59. The number of aryl methyl sites for hydroxylation is 1. The number of nitrogens with zero attached hydrogens (tertiary/aromatic N) is 1. The first-order chi connectivity index (χ1) is 19.7. The molecule has 5 N–H and O–H groups in total. The summed E-state index contributed by atoms with van der Waals surface area (Å²) in [5, 5.41) is 24.3. The minimum absolute atomic E-state index is 0.105. The number of amides is 2. The molecule has 9 heteroatoms. The van der Waals surface area contributed by atoms with Gasteiger partial charge in [-0.3, -0.25) is 4.79 Å². The second kappa shape index (κ2) is 13.9. The van der Waals surface area contributed by atoms with E-state index in [4.69, 9.17) is 27.2 Å². The molecule has 218 valence electrons. The van der Waals surface area contributed by atoms with Crippen molar-refractivity contribution in [2.24, 2.45) is 11.7 Å². The minimum atomic E-state index is -1.44. The Morgan fingerprint density at radius 2 is 1.88 bits per heavy atom. The Bertz CT molecular complexity index is 1350. The maximum atomic E-state index is 13.5. The molecule has 0 bridgehead atoms. The number of para-hydroxylation sites is 1. The molecule has 1 fully saturated rings. The van der Waals surface area contributed by atoms with Gasteiger partial charge in [-0.15, -0.1) is 0 Å². The molecule has 0 aliphatic carbocycles. The molecule has 2 unspecified atom stereocenters. The minimum Gasteiger partial charge on any atom is -0.465 e. The third-order valence-electron chi connectivity index (χ3n) is 7.79. The molecule has 1 aliphatic rings. The highest BCUT2D eigenvalue weighted by molar-refractivity contribution is 6.32. The Kier molecular flexibility index (Phi) is 10.3. The van der Waals surface area contributed by atoms with Crippen molar-refractivity contribution in [3.63, 3.8) is 0 Å². The quantitative estimate of drug-likeness (QED) is 0.208.